The molecule has 0 saturated carbocycles. The molecule has 150 valence electrons. The Bertz CT molecular complexity index is 968. The van der Waals surface area contributed by atoms with Crippen LogP contribution < -0.4 is 10.1 Å². The number of aromatic nitrogens is 2. The van der Waals surface area contributed by atoms with E-state index in [0.29, 0.717) is 6.61 Å². The normalized spacial score (nSPS) is 18.9. The van der Waals surface area contributed by atoms with Crippen molar-refractivity contribution in [2.24, 2.45) is 0 Å². The fourth-order valence-electron chi connectivity index (χ4n) is 3.98. The third-order valence-electron chi connectivity index (χ3n) is 5.20. The van der Waals surface area contributed by atoms with Crippen LogP contribution in [0.4, 0.5) is 0 Å². The van der Waals surface area contributed by atoms with Crippen molar-refractivity contribution >= 4 is 17.3 Å². The van der Waals surface area contributed by atoms with Gasteiger partial charge in [0.15, 0.2) is 5.11 Å². The lowest BCUT2D eigenvalue weighted by atomic mass is 10.0. The van der Waals surface area contributed by atoms with Gasteiger partial charge in [0.2, 0.25) is 0 Å². The molecule has 0 spiro atoms. The van der Waals surface area contributed by atoms with Crippen molar-refractivity contribution in [2.75, 3.05) is 6.61 Å². The maximum atomic E-state index is 5.71. The van der Waals surface area contributed by atoms with E-state index in [9.17, 15) is 0 Å². The zero-order chi connectivity index (χ0) is 20.4. The van der Waals surface area contributed by atoms with E-state index in [0.717, 1.165) is 22.2 Å². The third-order valence-corrected chi connectivity index (χ3v) is 5.53. The van der Waals surface area contributed by atoms with E-state index in [1.807, 2.05) is 37.4 Å². The molecular weight excluding hydrogens is 380 g/mol. The summed E-state index contributed by atoms with van der Waals surface area (Å²) in [6.45, 7) is 7.00. The van der Waals surface area contributed by atoms with Crippen molar-refractivity contribution < 1.29 is 4.74 Å². The molecule has 1 saturated heterocycles. The predicted molar refractivity (Wildman–Crippen MR) is 119 cm³/mol. The van der Waals surface area contributed by atoms with Gasteiger partial charge in [0, 0.05) is 29.8 Å². The van der Waals surface area contributed by atoms with Gasteiger partial charge in [0.25, 0.3) is 0 Å². The summed E-state index contributed by atoms with van der Waals surface area (Å²) in [6, 6.07) is 18.8. The number of ether oxygens (including phenoxy) is 1. The zero-order valence-corrected chi connectivity index (χ0v) is 17.8. The second-order valence-electron chi connectivity index (χ2n) is 7.36. The van der Waals surface area contributed by atoms with Crippen LogP contribution in [0.25, 0.3) is 5.69 Å². The Balaban J connectivity index is 1.77. The van der Waals surface area contributed by atoms with Crippen molar-refractivity contribution in [1.29, 1.82) is 0 Å². The predicted octanol–water partition coefficient (Wildman–Crippen LogP) is 4.65. The van der Waals surface area contributed by atoms with Crippen molar-refractivity contribution in [1.82, 2.24) is 19.8 Å². The minimum atomic E-state index is -0.0116. The molecule has 2 atom stereocenters. The lowest BCUT2D eigenvalue weighted by Gasteiger charge is -2.31. The molecule has 0 aliphatic carbocycles. The van der Waals surface area contributed by atoms with Crippen molar-refractivity contribution in [2.45, 2.75) is 38.9 Å². The highest BCUT2D eigenvalue weighted by atomic mass is 32.1. The molecule has 3 heterocycles. The highest BCUT2D eigenvalue weighted by molar-refractivity contribution is 7.80. The first-order valence-corrected chi connectivity index (χ1v) is 10.4. The second-order valence-corrected chi connectivity index (χ2v) is 7.74. The summed E-state index contributed by atoms with van der Waals surface area (Å²) in [5.74, 6) is 0.879. The molecule has 0 bridgehead atoms. The molecule has 1 N–H and O–H groups in total. The largest absolute Gasteiger partial charge is 0.494 e. The van der Waals surface area contributed by atoms with Crippen molar-refractivity contribution in [3.63, 3.8) is 0 Å². The van der Waals surface area contributed by atoms with Crippen LogP contribution in [0.15, 0.2) is 67.0 Å². The summed E-state index contributed by atoms with van der Waals surface area (Å²) in [7, 11) is 0. The van der Waals surface area contributed by atoms with E-state index in [2.05, 4.69) is 70.1 Å². The molecule has 0 amide bonds. The van der Waals surface area contributed by atoms with Gasteiger partial charge >= 0.3 is 0 Å². The molecule has 1 fully saturated rings. The standard InChI is InChI=1S/C23H26N4OS/c1-4-28-18-12-10-17(11-13-18)26-15-7-9-20(26)22-21(19-8-5-6-14-24-19)25-23(29)27(22)16(2)3/h5-16,21-22H,4H2,1-3H3,(H,25,29)/t21-,22+/m1/s1. The maximum absolute atomic E-state index is 5.71. The fourth-order valence-corrected chi connectivity index (χ4v) is 4.43. The van der Waals surface area contributed by atoms with Crippen LogP contribution in [0.2, 0.25) is 0 Å². The summed E-state index contributed by atoms with van der Waals surface area (Å²) >= 11 is 5.71. The van der Waals surface area contributed by atoms with Crippen LogP contribution in [0.1, 0.15) is 44.2 Å². The average molecular weight is 407 g/mol. The molecule has 2 aromatic heterocycles. The number of hydrogen-bond acceptors (Lipinski definition) is 3. The Morgan fingerprint density at radius 3 is 2.55 bits per heavy atom. The number of hydrogen-bond donors (Lipinski definition) is 1. The van der Waals surface area contributed by atoms with Gasteiger partial charge in [-0.1, -0.05) is 6.07 Å². The third kappa shape index (κ3) is 3.72. The lowest BCUT2D eigenvalue weighted by molar-refractivity contribution is 0.262. The SMILES string of the molecule is CCOc1ccc(-n2cccc2[C@H]2[C@@H](c3ccccn3)NC(=S)N2C(C)C)cc1. The van der Waals surface area contributed by atoms with Crippen LogP contribution >= 0.6 is 12.2 Å². The molecule has 0 unspecified atom stereocenters. The van der Waals surface area contributed by atoms with Gasteiger partial charge in [-0.05, 0) is 81.5 Å². The van der Waals surface area contributed by atoms with E-state index in [-0.39, 0.29) is 18.1 Å². The minimum Gasteiger partial charge on any atom is -0.494 e. The van der Waals surface area contributed by atoms with E-state index < -0.39 is 0 Å². The van der Waals surface area contributed by atoms with Gasteiger partial charge in [-0.2, -0.15) is 0 Å². The molecule has 3 aromatic rings. The number of thiocarbonyl (C=S) groups is 1. The van der Waals surface area contributed by atoms with E-state index in [1.54, 1.807) is 0 Å². The van der Waals surface area contributed by atoms with Gasteiger partial charge in [-0.25, -0.2) is 0 Å². The molecule has 1 aliphatic heterocycles. The molecule has 29 heavy (non-hydrogen) atoms. The minimum absolute atomic E-state index is 0.0116. The highest BCUT2D eigenvalue weighted by Gasteiger charge is 2.42. The first-order chi connectivity index (χ1) is 14.1. The quantitative estimate of drug-likeness (QED) is 0.604. The maximum Gasteiger partial charge on any atom is 0.170 e. The monoisotopic (exact) mass is 406 g/mol. The molecule has 4 rings (SSSR count). The summed E-state index contributed by atoms with van der Waals surface area (Å²) in [4.78, 5) is 6.88. The van der Waals surface area contributed by atoms with Crippen LogP contribution in [-0.4, -0.2) is 32.2 Å². The first kappa shape index (κ1) is 19.5. The van der Waals surface area contributed by atoms with Gasteiger partial charge in [-0.3, -0.25) is 4.98 Å². The topological polar surface area (TPSA) is 42.3 Å². The Morgan fingerprint density at radius 2 is 1.90 bits per heavy atom. The molecule has 6 heteroatoms. The first-order valence-electron chi connectivity index (χ1n) is 10.0. The van der Waals surface area contributed by atoms with E-state index in [4.69, 9.17) is 17.0 Å². The lowest BCUT2D eigenvalue weighted by Crippen LogP contribution is -2.36. The molecule has 0 radical (unpaired) electrons. The highest BCUT2D eigenvalue weighted by Crippen LogP contribution is 2.40. The summed E-state index contributed by atoms with van der Waals surface area (Å²) < 4.78 is 7.82. The van der Waals surface area contributed by atoms with Crippen LogP contribution in [-0.2, 0) is 0 Å². The molecule has 5 nitrogen and oxygen atoms in total. The fraction of sp³-hybridized carbons (Fsp3) is 0.304. The Labute approximate surface area is 177 Å². The number of nitrogens with one attached hydrogen (secondary N) is 1. The molecular formula is C23H26N4OS. The van der Waals surface area contributed by atoms with Crippen LogP contribution in [0.3, 0.4) is 0 Å². The van der Waals surface area contributed by atoms with Crippen molar-refractivity contribution in [3.05, 3.63) is 78.4 Å². The second kappa shape index (κ2) is 8.25. The van der Waals surface area contributed by atoms with Crippen molar-refractivity contribution in [3.8, 4) is 11.4 Å². The van der Waals surface area contributed by atoms with Crippen LogP contribution in [0.5, 0.6) is 5.75 Å². The zero-order valence-electron chi connectivity index (χ0n) is 16.9. The average Bonchev–Trinajstić information content (AvgIpc) is 3.33. The van der Waals surface area contributed by atoms with Gasteiger partial charge in [0.1, 0.15) is 5.75 Å². The smallest absolute Gasteiger partial charge is 0.170 e. The van der Waals surface area contributed by atoms with Gasteiger partial charge in [-0.15, -0.1) is 0 Å². The Hall–Kier alpha value is -2.86. The number of benzene rings is 1. The number of nitrogens with zero attached hydrogens (tertiary/aromatic N) is 3. The summed E-state index contributed by atoms with van der Waals surface area (Å²) in [5, 5.41) is 4.27. The Morgan fingerprint density at radius 1 is 1.10 bits per heavy atom. The molecule has 1 aliphatic rings. The number of rotatable bonds is 6. The van der Waals surface area contributed by atoms with Crippen LogP contribution in [0, 0.1) is 0 Å². The van der Waals surface area contributed by atoms with E-state index in [1.165, 1.54) is 5.69 Å². The van der Waals surface area contributed by atoms with Gasteiger partial charge in [0.05, 0.1) is 24.4 Å². The number of pyridine rings is 1. The van der Waals surface area contributed by atoms with E-state index >= 15 is 0 Å². The summed E-state index contributed by atoms with van der Waals surface area (Å²) in [6.07, 6.45) is 3.93. The molecule has 1 aromatic carbocycles. The summed E-state index contributed by atoms with van der Waals surface area (Å²) in [5.41, 5.74) is 3.25. The Kier molecular flexibility index (Phi) is 5.53. The van der Waals surface area contributed by atoms with Gasteiger partial charge < -0.3 is 19.5 Å².